The smallest absolute Gasteiger partial charge is 0.220 e. The van der Waals surface area contributed by atoms with Gasteiger partial charge in [0.05, 0.1) is 6.10 Å². The van der Waals surface area contributed by atoms with Gasteiger partial charge in [-0.25, -0.2) is 0 Å². The number of hydrogen-bond donors (Lipinski definition) is 2. The summed E-state index contributed by atoms with van der Waals surface area (Å²) in [5.74, 6) is -0.0840. The summed E-state index contributed by atoms with van der Waals surface area (Å²) in [6.45, 7) is 0.197. The zero-order valence-electron chi connectivity index (χ0n) is 13.8. The fraction of sp³-hybridized carbons (Fsp3) is 0.190. The summed E-state index contributed by atoms with van der Waals surface area (Å²) in [5.41, 5.74) is 1.85. The largest absolute Gasteiger partial charge is 0.387 e. The first kappa shape index (κ1) is 17.5. The number of aliphatic hydroxyl groups is 1. The topological polar surface area (TPSA) is 49.3 Å². The normalized spacial score (nSPS) is 12.1. The van der Waals surface area contributed by atoms with Crippen LogP contribution in [0.15, 0.2) is 66.7 Å². The maximum absolute atomic E-state index is 12.0. The molecule has 0 bridgehead atoms. The van der Waals surface area contributed by atoms with Crippen LogP contribution in [0.5, 0.6) is 0 Å². The van der Waals surface area contributed by atoms with Crippen molar-refractivity contribution < 1.29 is 9.90 Å². The Labute approximate surface area is 152 Å². The number of amides is 1. The van der Waals surface area contributed by atoms with Crippen LogP contribution in [-0.2, 0) is 11.2 Å². The Kier molecular flexibility index (Phi) is 5.69. The number of carbonyl (C=O) groups is 1. The van der Waals surface area contributed by atoms with E-state index >= 15 is 0 Å². The number of hydrogen-bond acceptors (Lipinski definition) is 2. The molecule has 3 rings (SSSR count). The van der Waals surface area contributed by atoms with Gasteiger partial charge in [0.2, 0.25) is 5.91 Å². The van der Waals surface area contributed by atoms with Crippen molar-refractivity contribution in [2.45, 2.75) is 18.9 Å². The SMILES string of the molecule is O=C(CCc1cccc(Cl)c1)NCC(O)c1cccc2ccccc12. The number of halogens is 1. The van der Waals surface area contributed by atoms with E-state index in [9.17, 15) is 9.90 Å². The maximum atomic E-state index is 12.0. The van der Waals surface area contributed by atoms with E-state index in [1.54, 1.807) is 0 Å². The number of carbonyl (C=O) groups excluding carboxylic acids is 1. The van der Waals surface area contributed by atoms with Crippen molar-refractivity contribution in [2.24, 2.45) is 0 Å². The molecule has 4 heteroatoms. The van der Waals surface area contributed by atoms with E-state index in [-0.39, 0.29) is 12.5 Å². The molecule has 0 saturated carbocycles. The molecule has 0 spiro atoms. The van der Waals surface area contributed by atoms with Crippen LogP contribution >= 0.6 is 11.6 Å². The molecule has 1 atom stereocenters. The van der Waals surface area contributed by atoms with Crippen molar-refractivity contribution in [1.29, 1.82) is 0 Å². The number of aryl methyl sites for hydroxylation is 1. The zero-order valence-corrected chi connectivity index (χ0v) is 14.5. The summed E-state index contributed by atoms with van der Waals surface area (Å²) in [7, 11) is 0. The summed E-state index contributed by atoms with van der Waals surface area (Å²) in [6.07, 6.45) is 0.250. The molecule has 1 amide bonds. The summed E-state index contributed by atoms with van der Waals surface area (Å²) < 4.78 is 0. The highest BCUT2D eigenvalue weighted by atomic mass is 35.5. The minimum atomic E-state index is -0.735. The lowest BCUT2D eigenvalue weighted by Gasteiger charge is -2.15. The van der Waals surface area contributed by atoms with Gasteiger partial charge < -0.3 is 10.4 Å². The summed E-state index contributed by atoms with van der Waals surface area (Å²) in [4.78, 5) is 12.0. The molecule has 0 aliphatic carbocycles. The molecule has 25 heavy (non-hydrogen) atoms. The van der Waals surface area contributed by atoms with Crippen LogP contribution in [-0.4, -0.2) is 17.6 Å². The fourth-order valence-electron chi connectivity index (χ4n) is 2.90. The van der Waals surface area contributed by atoms with E-state index < -0.39 is 6.10 Å². The molecule has 128 valence electrons. The van der Waals surface area contributed by atoms with E-state index in [1.807, 2.05) is 66.7 Å². The van der Waals surface area contributed by atoms with E-state index in [0.717, 1.165) is 21.9 Å². The molecule has 0 heterocycles. The first-order valence-electron chi connectivity index (χ1n) is 8.30. The van der Waals surface area contributed by atoms with Gasteiger partial charge in [-0.2, -0.15) is 0 Å². The third kappa shape index (κ3) is 4.59. The van der Waals surface area contributed by atoms with E-state index in [0.29, 0.717) is 17.9 Å². The molecular formula is C21H20ClNO2. The van der Waals surface area contributed by atoms with Crippen molar-refractivity contribution in [1.82, 2.24) is 5.32 Å². The molecule has 0 fully saturated rings. The summed E-state index contributed by atoms with van der Waals surface area (Å²) in [6, 6.07) is 21.2. The molecule has 0 aliphatic heterocycles. The third-order valence-corrected chi connectivity index (χ3v) is 4.44. The zero-order chi connectivity index (χ0) is 17.6. The fourth-order valence-corrected chi connectivity index (χ4v) is 3.11. The van der Waals surface area contributed by atoms with Gasteiger partial charge in [0.1, 0.15) is 0 Å². The van der Waals surface area contributed by atoms with Gasteiger partial charge in [-0.3, -0.25) is 4.79 Å². The highest BCUT2D eigenvalue weighted by Crippen LogP contribution is 2.23. The van der Waals surface area contributed by atoms with Gasteiger partial charge in [-0.05, 0) is 40.5 Å². The average molecular weight is 354 g/mol. The highest BCUT2D eigenvalue weighted by Gasteiger charge is 2.12. The molecule has 0 aliphatic rings. The van der Waals surface area contributed by atoms with E-state index in [4.69, 9.17) is 11.6 Å². The number of benzene rings is 3. The highest BCUT2D eigenvalue weighted by molar-refractivity contribution is 6.30. The van der Waals surface area contributed by atoms with Crippen LogP contribution in [0.25, 0.3) is 10.8 Å². The van der Waals surface area contributed by atoms with Crippen molar-refractivity contribution >= 4 is 28.3 Å². The van der Waals surface area contributed by atoms with Crippen LogP contribution in [0.4, 0.5) is 0 Å². The van der Waals surface area contributed by atoms with Gasteiger partial charge in [0, 0.05) is 18.0 Å². The molecule has 1 unspecified atom stereocenters. The molecule has 0 saturated heterocycles. The second kappa shape index (κ2) is 8.15. The lowest BCUT2D eigenvalue weighted by atomic mass is 10.0. The lowest BCUT2D eigenvalue weighted by Crippen LogP contribution is -2.28. The van der Waals surface area contributed by atoms with Crippen molar-refractivity contribution in [3.63, 3.8) is 0 Å². The molecule has 3 aromatic rings. The summed E-state index contributed by atoms with van der Waals surface area (Å²) in [5, 5.41) is 16.0. The Morgan fingerprint density at radius 1 is 1.04 bits per heavy atom. The standard InChI is InChI=1S/C21H20ClNO2/c22-17-8-3-5-15(13-17)11-12-21(25)23-14-20(24)19-10-4-7-16-6-1-2-9-18(16)19/h1-10,13,20,24H,11-12,14H2,(H,23,25). The maximum Gasteiger partial charge on any atom is 0.220 e. The minimum Gasteiger partial charge on any atom is -0.387 e. The second-order valence-corrected chi connectivity index (χ2v) is 6.45. The number of aliphatic hydroxyl groups excluding tert-OH is 1. The monoisotopic (exact) mass is 353 g/mol. The van der Waals surface area contributed by atoms with Crippen LogP contribution < -0.4 is 5.32 Å². The quantitative estimate of drug-likeness (QED) is 0.695. The predicted octanol–water partition coefficient (Wildman–Crippen LogP) is 4.28. The molecular weight excluding hydrogens is 334 g/mol. The van der Waals surface area contributed by atoms with Crippen LogP contribution in [0, 0.1) is 0 Å². The van der Waals surface area contributed by atoms with Crippen molar-refractivity contribution in [3.05, 3.63) is 82.9 Å². The minimum absolute atomic E-state index is 0.0840. The predicted molar refractivity (Wildman–Crippen MR) is 102 cm³/mol. The van der Waals surface area contributed by atoms with Gasteiger partial charge in [0.15, 0.2) is 0 Å². The Morgan fingerprint density at radius 3 is 2.64 bits per heavy atom. The molecule has 0 radical (unpaired) electrons. The van der Waals surface area contributed by atoms with E-state index in [2.05, 4.69) is 5.32 Å². The number of nitrogens with one attached hydrogen (secondary N) is 1. The third-order valence-electron chi connectivity index (χ3n) is 4.20. The molecule has 3 nitrogen and oxygen atoms in total. The Balaban J connectivity index is 1.56. The van der Waals surface area contributed by atoms with Crippen LogP contribution in [0.2, 0.25) is 5.02 Å². The lowest BCUT2D eigenvalue weighted by molar-refractivity contribution is -0.121. The Hall–Kier alpha value is -2.36. The van der Waals surface area contributed by atoms with Crippen molar-refractivity contribution in [3.8, 4) is 0 Å². The molecule has 0 aromatic heterocycles. The average Bonchev–Trinajstić information content (AvgIpc) is 2.64. The Morgan fingerprint density at radius 2 is 1.80 bits per heavy atom. The van der Waals surface area contributed by atoms with Gasteiger partial charge >= 0.3 is 0 Å². The first-order valence-corrected chi connectivity index (χ1v) is 8.68. The molecule has 2 N–H and O–H groups in total. The number of rotatable bonds is 6. The Bertz CT molecular complexity index is 873. The van der Waals surface area contributed by atoms with Crippen LogP contribution in [0.1, 0.15) is 23.7 Å². The summed E-state index contributed by atoms with van der Waals surface area (Å²) >= 11 is 5.94. The first-order chi connectivity index (χ1) is 12.1. The van der Waals surface area contributed by atoms with Gasteiger partial charge in [-0.15, -0.1) is 0 Å². The van der Waals surface area contributed by atoms with Crippen molar-refractivity contribution in [2.75, 3.05) is 6.54 Å². The van der Waals surface area contributed by atoms with E-state index in [1.165, 1.54) is 0 Å². The molecule has 3 aromatic carbocycles. The van der Waals surface area contributed by atoms with Gasteiger partial charge in [0.25, 0.3) is 0 Å². The van der Waals surface area contributed by atoms with Gasteiger partial charge in [-0.1, -0.05) is 66.2 Å². The second-order valence-electron chi connectivity index (χ2n) is 6.02. The number of fused-ring (bicyclic) bond motifs is 1. The van der Waals surface area contributed by atoms with Crippen LogP contribution in [0.3, 0.4) is 0 Å².